The lowest BCUT2D eigenvalue weighted by Crippen LogP contribution is -2.21. The molecule has 2 N–H and O–H groups in total. The summed E-state index contributed by atoms with van der Waals surface area (Å²) in [7, 11) is 0. The van der Waals surface area contributed by atoms with Crippen molar-refractivity contribution in [2.45, 2.75) is 32.2 Å². The van der Waals surface area contributed by atoms with Crippen molar-refractivity contribution in [2.75, 3.05) is 13.2 Å². The number of nitrogens with zero attached hydrogens (tertiary/aromatic N) is 1. The van der Waals surface area contributed by atoms with Crippen LogP contribution in [0.25, 0.3) is 0 Å². The van der Waals surface area contributed by atoms with Crippen LogP contribution in [0, 0.1) is 12.8 Å². The fraction of sp³-hybridized carbons (Fsp3) is 0.727. The maximum atomic E-state index is 6.14. The van der Waals surface area contributed by atoms with E-state index in [-0.39, 0.29) is 6.04 Å². The average molecular weight is 226 g/mol. The van der Waals surface area contributed by atoms with E-state index in [1.54, 1.807) is 11.3 Å². The van der Waals surface area contributed by atoms with Crippen LogP contribution in [0.5, 0.6) is 0 Å². The van der Waals surface area contributed by atoms with E-state index < -0.39 is 0 Å². The maximum absolute atomic E-state index is 6.14. The molecule has 1 aliphatic heterocycles. The topological polar surface area (TPSA) is 48.1 Å². The lowest BCUT2D eigenvalue weighted by molar-refractivity contribution is 0.0617. The summed E-state index contributed by atoms with van der Waals surface area (Å²) >= 11 is 1.68. The number of hydrogen-bond acceptors (Lipinski definition) is 4. The molecule has 0 bridgehead atoms. The molecule has 0 amide bonds. The molecule has 1 unspecified atom stereocenters. The van der Waals surface area contributed by atoms with Gasteiger partial charge in [-0.15, -0.1) is 11.3 Å². The van der Waals surface area contributed by atoms with Gasteiger partial charge in [0.05, 0.1) is 10.7 Å². The van der Waals surface area contributed by atoms with E-state index >= 15 is 0 Å². The summed E-state index contributed by atoms with van der Waals surface area (Å²) in [5, 5.41) is 3.19. The van der Waals surface area contributed by atoms with Gasteiger partial charge < -0.3 is 10.5 Å². The normalized spacial score (nSPS) is 20.4. The van der Waals surface area contributed by atoms with Crippen molar-refractivity contribution in [2.24, 2.45) is 11.7 Å². The first-order chi connectivity index (χ1) is 7.25. The monoisotopic (exact) mass is 226 g/mol. The molecule has 1 aliphatic rings. The lowest BCUT2D eigenvalue weighted by Gasteiger charge is -2.24. The van der Waals surface area contributed by atoms with Gasteiger partial charge in [-0.3, -0.25) is 0 Å². The van der Waals surface area contributed by atoms with Crippen LogP contribution >= 0.6 is 11.3 Å². The predicted octanol–water partition coefficient (Wildman–Crippen LogP) is 2.27. The van der Waals surface area contributed by atoms with Crippen LogP contribution in [0.4, 0.5) is 0 Å². The molecule has 3 nitrogen and oxygen atoms in total. The quantitative estimate of drug-likeness (QED) is 0.860. The zero-order valence-electron chi connectivity index (χ0n) is 9.11. The first-order valence-corrected chi connectivity index (χ1v) is 6.39. The number of aromatic nitrogens is 1. The van der Waals surface area contributed by atoms with E-state index in [0.717, 1.165) is 49.1 Å². The van der Waals surface area contributed by atoms with Gasteiger partial charge in [0.2, 0.25) is 0 Å². The minimum Gasteiger partial charge on any atom is -0.381 e. The maximum Gasteiger partial charge on any atom is 0.0898 e. The van der Waals surface area contributed by atoms with E-state index in [0.29, 0.717) is 0 Å². The second-order valence-electron chi connectivity index (χ2n) is 4.19. The summed E-state index contributed by atoms with van der Waals surface area (Å²) in [6, 6.07) is 0.109. The first kappa shape index (κ1) is 11.0. The molecular weight excluding hydrogens is 208 g/mol. The molecule has 0 saturated carbocycles. The van der Waals surface area contributed by atoms with Crippen LogP contribution in [0.3, 0.4) is 0 Å². The Kier molecular flexibility index (Phi) is 3.72. The number of aryl methyl sites for hydroxylation is 1. The van der Waals surface area contributed by atoms with Crippen molar-refractivity contribution in [1.29, 1.82) is 0 Å². The van der Waals surface area contributed by atoms with Gasteiger partial charge in [-0.05, 0) is 32.1 Å². The highest BCUT2D eigenvalue weighted by atomic mass is 32.1. The van der Waals surface area contributed by atoms with Gasteiger partial charge in [0, 0.05) is 24.6 Å². The van der Waals surface area contributed by atoms with Crippen molar-refractivity contribution >= 4 is 11.3 Å². The summed E-state index contributed by atoms with van der Waals surface area (Å²) in [4.78, 5) is 4.44. The molecule has 15 heavy (non-hydrogen) atoms. The van der Waals surface area contributed by atoms with Gasteiger partial charge in [-0.2, -0.15) is 0 Å². The SMILES string of the molecule is Cc1nc(C(N)CC2CCOCC2)cs1. The molecule has 1 aromatic heterocycles. The highest BCUT2D eigenvalue weighted by molar-refractivity contribution is 7.09. The zero-order valence-corrected chi connectivity index (χ0v) is 9.93. The summed E-state index contributed by atoms with van der Waals surface area (Å²) in [5.41, 5.74) is 7.20. The van der Waals surface area contributed by atoms with Crippen molar-refractivity contribution in [3.63, 3.8) is 0 Å². The Morgan fingerprint density at radius 3 is 2.93 bits per heavy atom. The molecule has 1 fully saturated rings. The molecule has 2 rings (SSSR count). The summed E-state index contributed by atoms with van der Waals surface area (Å²) in [5.74, 6) is 0.718. The van der Waals surface area contributed by atoms with Crippen LogP contribution in [0.2, 0.25) is 0 Å². The first-order valence-electron chi connectivity index (χ1n) is 5.51. The number of hydrogen-bond donors (Lipinski definition) is 1. The molecule has 84 valence electrons. The summed E-state index contributed by atoms with van der Waals surface area (Å²) in [6.07, 6.45) is 3.35. The van der Waals surface area contributed by atoms with Crippen molar-refractivity contribution in [3.8, 4) is 0 Å². The molecule has 2 heterocycles. The highest BCUT2D eigenvalue weighted by Crippen LogP contribution is 2.26. The Balaban J connectivity index is 1.88. The molecule has 0 spiro atoms. The van der Waals surface area contributed by atoms with Gasteiger partial charge in [0.15, 0.2) is 0 Å². The summed E-state index contributed by atoms with van der Waals surface area (Å²) < 4.78 is 5.34. The van der Waals surface area contributed by atoms with Crippen LogP contribution in [-0.2, 0) is 4.74 Å². The van der Waals surface area contributed by atoms with E-state index in [1.807, 2.05) is 6.92 Å². The fourth-order valence-electron chi connectivity index (χ4n) is 2.01. The van der Waals surface area contributed by atoms with Crippen LogP contribution in [0.1, 0.15) is 36.0 Å². The highest BCUT2D eigenvalue weighted by Gasteiger charge is 2.19. The van der Waals surface area contributed by atoms with Gasteiger partial charge >= 0.3 is 0 Å². The molecule has 1 aromatic rings. The lowest BCUT2D eigenvalue weighted by atomic mass is 9.92. The second kappa shape index (κ2) is 5.05. The van der Waals surface area contributed by atoms with E-state index in [9.17, 15) is 0 Å². The molecule has 0 aromatic carbocycles. The molecule has 0 radical (unpaired) electrons. The fourth-order valence-corrected chi connectivity index (χ4v) is 2.69. The number of rotatable bonds is 3. The summed E-state index contributed by atoms with van der Waals surface area (Å²) in [6.45, 7) is 3.82. The Labute approximate surface area is 94.7 Å². The van der Waals surface area contributed by atoms with Crippen molar-refractivity contribution in [1.82, 2.24) is 4.98 Å². The number of ether oxygens (including phenoxy) is 1. The Bertz CT molecular complexity index is 307. The zero-order chi connectivity index (χ0) is 10.7. The number of thiazole rings is 1. The van der Waals surface area contributed by atoms with Crippen molar-refractivity contribution < 1.29 is 4.74 Å². The Morgan fingerprint density at radius 2 is 2.33 bits per heavy atom. The van der Waals surface area contributed by atoms with Gasteiger partial charge in [0.1, 0.15) is 0 Å². The third-order valence-corrected chi connectivity index (χ3v) is 3.74. The molecule has 4 heteroatoms. The van der Waals surface area contributed by atoms with Crippen LogP contribution in [-0.4, -0.2) is 18.2 Å². The van der Waals surface area contributed by atoms with E-state index in [1.165, 1.54) is 0 Å². The smallest absolute Gasteiger partial charge is 0.0898 e. The Morgan fingerprint density at radius 1 is 1.60 bits per heavy atom. The third-order valence-electron chi connectivity index (χ3n) is 2.94. The largest absolute Gasteiger partial charge is 0.381 e. The third kappa shape index (κ3) is 3.00. The van der Waals surface area contributed by atoms with E-state index in [2.05, 4.69) is 10.4 Å². The second-order valence-corrected chi connectivity index (χ2v) is 5.25. The minimum atomic E-state index is 0.109. The van der Waals surface area contributed by atoms with Gasteiger partial charge in [0.25, 0.3) is 0 Å². The predicted molar refractivity (Wildman–Crippen MR) is 61.9 cm³/mol. The van der Waals surface area contributed by atoms with Crippen LogP contribution in [0.15, 0.2) is 5.38 Å². The van der Waals surface area contributed by atoms with Gasteiger partial charge in [-0.25, -0.2) is 4.98 Å². The Hall–Kier alpha value is -0.450. The minimum absolute atomic E-state index is 0.109. The standard InChI is InChI=1S/C11H18N2OS/c1-8-13-11(7-15-8)10(12)6-9-2-4-14-5-3-9/h7,9-10H,2-6,12H2,1H3. The van der Waals surface area contributed by atoms with Gasteiger partial charge in [-0.1, -0.05) is 0 Å². The molecule has 1 saturated heterocycles. The number of nitrogens with two attached hydrogens (primary N) is 1. The average Bonchev–Trinajstić information content (AvgIpc) is 2.66. The molecule has 1 atom stereocenters. The molecular formula is C11H18N2OS. The molecule has 0 aliphatic carbocycles. The van der Waals surface area contributed by atoms with E-state index in [4.69, 9.17) is 10.5 Å². The van der Waals surface area contributed by atoms with Crippen molar-refractivity contribution in [3.05, 3.63) is 16.1 Å². The van der Waals surface area contributed by atoms with Crippen LogP contribution < -0.4 is 5.73 Å².